The molecule has 0 aliphatic rings. The van der Waals surface area contributed by atoms with Crippen molar-refractivity contribution in [1.29, 1.82) is 0 Å². The van der Waals surface area contributed by atoms with Gasteiger partial charge in [-0.3, -0.25) is 0 Å². The highest BCUT2D eigenvalue weighted by Crippen LogP contribution is 2.39. The zero-order valence-corrected chi connectivity index (χ0v) is 27.2. The summed E-state index contributed by atoms with van der Waals surface area (Å²) in [5.74, 6) is 1.02. The number of hydrogen-bond donors (Lipinski definition) is 3. The smallest absolute Gasteiger partial charge is 0.121 e. The summed E-state index contributed by atoms with van der Waals surface area (Å²) in [4.78, 5) is 2.24. The molecule has 4 nitrogen and oxygen atoms in total. The highest BCUT2D eigenvalue weighted by Gasteiger charge is 2.15. The molecular weight excluding hydrogens is 566 g/mol. The number of benzene rings is 6. The molecule has 3 N–H and O–H groups in total. The van der Waals surface area contributed by atoms with Crippen molar-refractivity contribution >= 4 is 17.1 Å². The molecular formula is C42H39NO3. The molecule has 4 heteroatoms. The third kappa shape index (κ3) is 5.82. The van der Waals surface area contributed by atoms with Crippen molar-refractivity contribution in [1.82, 2.24) is 0 Å². The number of phenols is 3. The summed E-state index contributed by atoms with van der Waals surface area (Å²) < 4.78 is 0. The molecule has 0 unspecified atom stereocenters. The Kier molecular flexibility index (Phi) is 8.06. The van der Waals surface area contributed by atoms with Gasteiger partial charge in [0, 0.05) is 17.1 Å². The van der Waals surface area contributed by atoms with Crippen molar-refractivity contribution in [3.8, 4) is 50.6 Å². The van der Waals surface area contributed by atoms with Gasteiger partial charge in [0.15, 0.2) is 0 Å². The molecule has 0 heterocycles. The van der Waals surface area contributed by atoms with E-state index in [2.05, 4.69) is 77.7 Å². The molecule has 46 heavy (non-hydrogen) atoms. The van der Waals surface area contributed by atoms with Crippen molar-refractivity contribution in [2.45, 2.75) is 41.5 Å². The van der Waals surface area contributed by atoms with E-state index in [9.17, 15) is 15.3 Å². The number of aromatic hydroxyl groups is 3. The fraction of sp³-hybridized carbons (Fsp3) is 0.143. The number of rotatable bonds is 6. The van der Waals surface area contributed by atoms with Crippen LogP contribution in [0.1, 0.15) is 33.4 Å². The summed E-state index contributed by atoms with van der Waals surface area (Å²) in [6.07, 6.45) is 0. The number of anilines is 3. The lowest BCUT2D eigenvalue weighted by Crippen LogP contribution is -2.09. The minimum Gasteiger partial charge on any atom is -0.507 e. The average Bonchev–Trinajstić information content (AvgIpc) is 3.05. The molecule has 0 bridgehead atoms. The molecule has 6 aromatic rings. The minimum absolute atomic E-state index is 0.341. The van der Waals surface area contributed by atoms with Crippen LogP contribution in [-0.4, -0.2) is 15.3 Å². The van der Waals surface area contributed by atoms with Crippen LogP contribution in [0.25, 0.3) is 33.4 Å². The maximum absolute atomic E-state index is 10.3. The van der Waals surface area contributed by atoms with E-state index in [4.69, 9.17) is 0 Å². The first-order valence-corrected chi connectivity index (χ1v) is 15.5. The number of hydrogen-bond acceptors (Lipinski definition) is 4. The molecule has 6 rings (SSSR count). The monoisotopic (exact) mass is 605 g/mol. The molecule has 230 valence electrons. The van der Waals surface area contributed by atoms with E-state index >= 15 is 0 Å². The molecule has 0 amide bonds. The van der Waals surface area contributed by atoms with Gasteiger partial charge < -0.3 is 20.2 Å². The Labute approximate surface area is 271 Å². The van der Waals surface area contributed by atoms with Crippen LogP contribution in [0.3, 0.4) is 0 Å². The number of nitrogens with zero attached hydrogens (tertiary/aromatic N) is 1. The zero-order chi connectivity index (χ0) is 32.7. The molecule has 0 atom stereocenters. The van der Waals surface area contributed by atoms with Gasteiger partial charge in [0.25, 0.3) is 0 Å². The van der Waals surface area contributed by atoms with Crippen molar-refractivity contribution in [2.24, 2.45) is 0 Å². The standard InChI is InChI=1S/C42H39NO3/c1-25-19-34(20-26(2)40(25)44)31-7-13-37(14-8-31)43(38-15-9-32(10-16-38)35-21-27(3)41(45)28(4)22-35)39-17-11-33(12-18-39)36-23-29(5)42(46)30(6)24-36/h7-24,44-46H,1-6H3. The fourth-order valence-electron chi connectivity index (χ4n) is 6.22. The zero-order valence-electron chi connectivity index (χ0n) is 27.2. The highest BCUT2D eigenvalue weighted by molar-refractivity contribution is 5.81. The van der Waals surface area contributed by atoms with Crippen molar-refractivity contribution < 1.29 is 15.3 Å². The molecule has 0 spiro atoms. The first kappa shape index (κ1) is 30.5. The Morgan fingerprint density at radius 3 is 0.696 bits per heavy atom. The molecule has 0 aromatic heterocycles. The third-order valence-electron chi connectivity index (χ3n) is 8.85. The Balaban J connectivity index is 1.40. The second-order valence-corrected chi connectivity index (χ2v) is 12.4. The van der Waals surface area contributed by atoms with Gasteiger partial charge in [-0.1, -0.05) is 36.4 Å². The second kappa shape index (κ2) is 12.1. The lowest BCUT2D eigenvalue weighted by molar-refractivity contribution is 0.466. The van der Waals surface area contributed by atoms with Gasteiger partial charge in [-0.05, 0) is 181 Å². The highest BCUT2D eigenvalue weighted by atomic mass is 16.3. The quantitative estimate of drug-likeness (QED) is 0.177. The lowest BCUT2D eigenvalue weighted by atomic mass is 9.98. The first-order chi connectivity index (χ1) is 22.0. The normalized spacial score (nSPS) is 11.1. The molecule has 0 radical (unpaired) electrons. The van der Waals surface area contributed by atoms with E-state index < -0.39 is 0 Å². The van der Waals surface area contributed by atoms with Gasteiger partial charge in [0.05, 0.1) is 0 Å². The number of aryl methyl sites for hydroxylation is 6. The SMILES string of the molecule is Cc1cc(-c2ccc(N(c3ccc(-c4cc(C)c(O)c(C)c4)cc3)c3ccc(-c4cc(C)c(O)c(C)c4)cc3)cc2)cc(C)c1O. The Morgan fingerprint density at radius 2 is 0.500 bits per heavy atom. The van der Waals surface area contributed by atoms with Crippen molar-refractivity contribution in [3.05, 3.63) is 143 Å². The third-order valence-corrected chi connectivity index (χ3v) is 8.85. The van der Waals surface area contributed by atoms with Crippen molar-refractivity contribution in [3.63, 3.8) is 0 Å². The van der Waals surface area contributed by atoms with E-state index in [1.807, 2.05) is 77.9 Å². The summed E-state index contributed by atoms with van der Waals surface area (Å²) in [5.41, 5.74) is 14.7. The van der Waals surface area contributed by atoms with E-state index in [-0.39, 0.29) is 0 Å². The van der Waals surface area contributed by atoms with Crippen LogP contribution in [0, 0.1) is 41.5 Å². The van der Waals surface area contributed by atoms with Crippen LogP contribution < -0.4 is 4.90 Å². The summed E-state index contributed by atoms with van der Waals surface area (Å²) in [5, 5.41) is 30.8. The predicted octanol–water partition coefficient (Wildman–Crippen LogP) is 11.1. The van der Waals surface area contributed by atoms with E-state index in [1.54, 1.807) is 0 Å². The summed E-state index contributed by atoms with van der Waals surface area (Å²) >= 11 is 0. The molecule has 0 fully saturated rings. The van der Waals surface area contributed by atoms with Gasteiger partial charge in [0.2, 0.25) is 0 Å². The predicted molar refractivity (Wildman–Crippen MR) is 191 cm³/mol. The van der Waals surface area contributed by atoms with Crippen LogP contribution in [0.2, 0.25) is 0 Å². The molecule has 0 saturated heterocycles. The Bertz CT molecular complexity index is 1750. The fourth-order valence-corrected chi connectivity index (χ4v) is 6.22. The van der Waals surface area contributed by atoms with Crippen LogP contribution in [0.15, 0.2) is 109 Å². The Morgan fingerprint density at radius 1 is 0.304 bits per heavy atom. The summed E-state index contributed by atoms with van der Waals surface area (Å²) in [7, 11) is 0. The van der Waals surface area contributed by atoms with Crippen LogP contribution in [-0.2, 0) is 0 Å². The van der Waals surface area contributed by atoms with E-state index in [1.165, 1.54) is 0 Å². The van der Waals surface area contributed by atoms with Crippen LogP contribution in [0.5, 0.6) is 17.2 Å². The van der Waals surface area contributed by atoms with Gasteiger partial charge in [-0.2, -0.15) is 0 Å². The van der Waals surface area contributed by atoms with Crippen LogP contribution >= 0.6 is 0 Å². The maximum atomic E-state index is 10.3. The number of phenolic OH excluding ortho intramolecular Hbond substituents is 3. The van der Waals surface area contributed by atoms with Gasteiger partial charge in [0.1, 0.15) is 17.2 Å². The maximum Gasteiger partial charge on any atom is 0.121 e. The molecule has 0 aliphatic heterocycles. The van der Waals surface area contributed by atoms with Crippen LogP contribution in [0.4, 0.5) is 17.1 Å². The second-order valence-electron chi connectivity index (χ2n) is 12.4. The first-order valence-electron chi connectivity index (χ1n) is 15.5. The lowest BCUT2D eigenvalue weighted by Gasteiger charge is -2.26. The average molecular weight is 606 g/mol. The topological polar surface area (TPSA) is 63.9 Å². The summed E-state index contributed by atoms with van der Waals surface area (Å²) in [6, 6.07) is 37.7. The summed E-state index contributed by atoms with van der Waals surface area (Å²) in [6.45, 7) is 11.6. The largest absolute Gasteiger partial charge is 0.507 e. The van der Waals surface area contributed by atoms with E-state index in [0.29, 0.717) is 17.2 Å². The minimum atomic E-state index is 0.341. The van der Waals surface area contributed by atoms with Gasteiger partial charge in [-0.25, -0.2) is 0 Å². The van der Waals surface area contributed by atoms with Gasteiger partial charge in [-0.15, -0.1) is 0 Å². The molecule has 6 aromatic carbocycles. The van der Waals surface area contributed by atoms with Crippen molar-refractivity contribution in [2.75, 3.05) is 4.90 Å². The van der Waals surface area contributed by atoms with Gasteiger partial charge >= 0.3 is 0 Å². The Hall–Kier alpha value is -5.48. The van der Waals surface area contributed by atoms with E-state index in [0.717, 1.165) is 83.8 Å². The molecule has 0 saturated carbocycles. The molecule has 0 aliphatic carbocycles.